The molecule has 0 bridgehead atoms. The van der Waals surface area contributed by atoms with Crippen molar-refractivity contribution in [3.8, 4) is 11.1 Å². The van der Waals surface area contributed by atoms with Crippen LogP contribution in [0.3, 0.4) is 0 Å². The third-order valence-corrected chi connectivity index (χ3v) is 8.19. The lowest BCUT2D eigenvalue weighted by Gasteiger charge is -2.43. The molecule has 11 heteroatoms. The predicted octanol–water partition coefficient (Wildman–Crippen LogP) is 6.24. The Balaban J connectivity index is 1.37. The monoisotopic (exact) mass is 589 g/mol. The van der Waals surface area contributed by atoms with E-state index in [1.54, 1.807) is 6.26 Å². The van der Waals surface area contributed by atoms with Gasteiger partial charge in [0.1, 0.15) is 36.9 Å². The molecule has 1 fully saturated rings. The number of nitrogens with zero attached hydrogens (tertiary/aromatic N) is 3. The number of hydrogen-bond donors (Lipinski definition) is 0. The topological polar surface area (TPSA) is 129 Å². The summed E-state index contributed by atoms with van der Waals surface area (Å²) in [5.74, 6) is -0.676. The van der Waals surface area contributed by atoms with Gasteiger partial charge in [0.15, 0.2) is 6.10 Å². The van der Waals surface area contributed by atoms with Crippen LogP contribution in [0.25, 0.3) is 21.6 Å². The number of carbonyl (C=O) groups is 2. The van der Waals surface area contributed by atoms with Gasteiger partial charge in [-0.1, -0.05) is 84.0 Å². The minimum absolute atomic E-state index is 0.0534. The fourth-order valence-electron chi connectivity index (χ4n) is 5.44. The number of carbonyl (C=O) groups excluding carboxylic acids is 2. The van der Waals surface area contributed by atoms with Crippen molar-refractivity contribution in [2.45, 2.75) is 49.2 Å². The second-order valence-electron chi connectivity index (χ2n) is 9.91. The van der Waals surface area contributed by atoms with Crippen LogP contribution in [0.4, 0.5) is 4.79 Å². The van der Waals surface area contributed by atoms with E-state index in [9.17, 15) is 15.1 Å². The van der Waals surface area contributed by atoms with Crippen LogP contribution in [0.15, 0.2) is 84.0 Å². The number of azide groups is 1. The maximum Gasteiger partial charge on any atom is 0.508 e. The summed E-state index contributed by atoms with van der Waals surface area (Å²) in [7, 11) is 0. The van der Waals surface area contributed by atoms with Crippen LogP contribution in [0, 0.1) is 0 Å². The summed E-state index contributed by atoms with van der Waals surface area (Å²) in [6, 6.07) is 24.7. The minimum atomic E-state index is -1.09. The molecule has 3 aromatic carbocycles. The molecule has 0 N–H and O–H groups in total. The molecule has 3 aromatic rings. The van der Waals surface area contributed by atoms with Gasteiger partial charge in [-0.25, -0.2) is 4.79 Å². The van der Waals surface area contributed by atoms with Crippen molar-refractivity contribution in [2.24, 2.45) is 5.11 Å². The Kier molecular flexibility index (Phi) is 9.66. The number of rotatable bonds is 10. The van der Waals surface area contributed by atoms with E-state index < -0.39 is 41.9 Å². The second-order valence-corrected chi connectivity index (χ2v) is 10.8. The lowest BCUT2D eigenvalue weighted by Crippen LogP contribution is -2.59. The summed E-state index contributed by atoms with van der Waals surface area (Å²) in [5, 5.41) is 3.95. The summed E-state index contributed by atoms with van der Waals surface area (Å²) in [6.45, 7) is 1.30. The van der Waals surface area contributed by atoms with Gasteiger partial charge in [-0.15, -0.1) is 11.8 Å². The molecule has 10 nitrogen and oxygen atoms in total. The number of thioether (sulfide) groups is 1. The SMILES string of the molecule is CS[C@@H]1O[C@H](COC(C)=O)[C@@H](OC(=O)OCC2c3ccccc3-c3ccccc32)[C@H](OCc2ccccc2)[C@H]1N=[N+]=[N-]. The lowest BCUT2D eigenvalue weighted by atomic mass is 9.98. The molecule has 0 aromatic heterocycles. The molecule has 0 saturated carbocycles. The summed E-state index contributed by atoms with van der Waals surface area (Å²) in [6.07, 6.45) is -2.03. The maximum absolute atomic E-state index is 13.2. The summed E-state index contributed by atoms with van der Waals surface area (Å²) in [4.78, 5) is 27.9. The van der Waals surface area contributed by atoms with Crippen molar-refractivity contribution >= 4 is 23.9 Å². The number of ether oxygens (including phenoxy) is 5. The van der Waals surface area contributed by atoms with Crippen LogP contribution in [0.2, 0.25) is 0 Å². The number of hydrogen-bond acceptors (Lipinski definition) is 9. The fourth-order valence-corrected chi connectivity index (χ4v) is 6.18. The van der Waals surface area contributed by atoms with E-state index in [-0.39, 0.29) is 25.7 Å². The molecule has 0 radical (unpaired) electrons. The Morgan fingerprint density at radius 1 is 0.905 bits per heavy atom. The van der Waals surface area contributed by atoms with E-state index in [1.165, 1.54) is 18.7 Å². The molecule has 2 aliphatic rings. The molecular formula is C31H31N3O7S. The van der Waals surface area contributed by atoms with Crippen LogP contribution in [-0.4, -0.2) is 61.4 Å². The quantitative estimate of drug-likeness (QED) is 0.118. The standard InChI is InChI=1S/C31H31N3O7S/c1-19(35)37-18-26-28(29(27(33-34-32)30(40-26)42-2)38-16-20-10-4-3-5-11-20)41-31(36)39-17-25-23-14-8-6-12-21(23)22-13-7-9-15-24(22)25/h3-15,25-30H,16-18H2,1-2H3/t26-,27-,28-,29-,30+/m1/s1. The Morgan fingerprint density at radius 3 is 2.17 bits per heavy atom. The average molecular weight is 590 g/mol. The average Bonchev–Trinajstić information content (AvgIpc) is 3.33. The van der Waals surface area contributed by atoms with Gasteiger partial charge >= 0.3 is 12.1 Å². The Morgan fingerprint density at radius 2 is 1.55 bits per heavy atom. The Bertz CT molecular complexity index is 1400. The van der Waals surface area contributed by atoms with Crippen LogP contribution in [0.5, 0.6) is 0 Å². The van der Waals surface area contributed by atoms with Crippen LogP contribution >= 0.6 is 11.8 Å². The molecule has 1 saturated heterocycles. The number of fused-ring (bicyclic) bond motifs is 3. The molecule has 1 aliphatic carbocycles. The van der Waals surface area contributed by atoms with E-state index in [1.807, 2.05) is 66.7 Å². The number of benzene rings is 3. The van der Waals surface area contributed by atoms with Gasteiger partial charge in [-0.2, -0.15) is 0 Å². The highest BCUT2D eigenvalue weighted by Gasteiger charge is 2.49. The Hall–Kier alpha value is -4.02. The van der Waals surface area contributed by atoms with Gasteiger partial charge < -0.3 is 23.7 Å². The van der Waals surface area contributed by atoms with Crippen molar-refractivity contribution in [3.63, 3.8) is 0 Å². The molecule has 5 atom stereocenters. The zero-order chi connectivity index (χ0) is 29.5. The smallest absolute Gasteiger partial charge is 0.463 e. The zero-order valence-corrected chi connectivity index (χ0v) is 24.0. The molecule has 0 unspecified atom stereocenters. The zero-order valence-electron chi connectivity index (χ0n) is 23.2. The second kappa shape index (κ2) is 13.8. The van der Waals surface area contributed by atoms with E-state index in [0.29, 0.717) is 0 Å². The molecule has 5 rings (SSSR count). The lowest BCUT2D eigenvalue weighted by molar-refractivity contribution is -0.197. The van der Waals surface area contributed by atoms with Gasteiger partial charge in [0.25, 0.3) is 0 Å². The molecule has 218 valence electrons. The summed E-state index contributed by atoms with van der Waals surface area (Å²) in [5.41, 5.74) is 13.9. The maximum atomic E-state index is 13.2. The molecular weight excluding hydrogens is 558 g/mol. The minimum Gasteiger partial charge on any atom is -0.463 e. The highest BCUT2D eigenvalue weighted by Crippen LogP contribution is 2.44. The van der Waals surface area contributed by atoms with Gasteiger partial charge in [0.2, 0.25) is 0 Å². The van der Waals surface area contributed by atoms with Crippen molar-refractivity contribution < 1.29 is 33.3 Å². The molecule has 1 heterocycles. The van der Waals surface area contributed by atoms with Gasteiger partial charge in [0, 0.05) is 17.8 Å². The van der Waals surface area contributed by atoms with E-state index in [0.717, 1.165) is 27.8 Å². The largest absolute Gasteiger partial charge is 0.508 e. The summed E-state index contributed by atoms with van der Waals surface area (Å²) >= 11 is 1.31. The highest BCUT2D eigenvalue weighted by atomic mass is 32.2. The van der Waals surface area contributed by atoms with Crippen LogP contribution < -0.4 is 0 Å². The van der Waals surface area contributed by atoms with Gasteiger partial charge in [0.05, 0.1) is 6.61 Å². The molecule has 42 heavy (non-hydrogen) atoms. The third kappa shape index (κ3) is 6.55. The van der Waals surface area contributed by atoms with Crippen LogP contribution in [0.1, 0.15) is 29.5 Å². The molecule has 0 amide bonds. The van der Waals surface area contributed by atoms with Crippen LogP contribution in [-0.2, 0) is 35.1 Å². The van der Waals surface area contributed by atoms with Crippen molar-refractivity contribution in [1.82, 2.24) is 0 Å². The van der Waals surface area contributed by atoms with Crippen molar-refractivity contribution in [2.75, 3.05) is 19.5 Å². The fraction of sp³-hybridized carbons (Fsp3) is 0.355. The van der Waals surface area contributed by atoms with Gasteiger partial charge in [-0.3, -0.25) is 4.79 Å². The first-order valence-electron chi connectivity index (χ1n) is 13.5. The van der Waals surface area contributed by atoms with Gasteiger partial charge in [-0.05, 0) is 39.6 Å². The third-order valence-electron chi connectivity index (χ3n) is 7.33. The normalized spacial score (nSPS) is 22.8. The highest BCUT2D eigenvalue weighted by molar-refractivity contribution is 7.99. The van der Waals surface area contributed by atoms with E-state index in [2.05, 4.69) is 22.2 Å². The first-order valence-corrected chi connectivity index (χ1v) is 14.8. The van der Waals surface area contributed by atoms with E-state index in [4.69, 9.17) is 23.7 Å². The van der Waals surface area contributed by atoms with Crippen molar-refractivity contribution in [1.29, 1.82) is 0 Å². The summed E-state index contributed by atoms with van der Waals surface area (Å²) < 4.78 is 29.2. The number of esters is 1. The molecule has 0 spiro atoms. The predicted molar refractivity (Wildman–Crippen MR) is 157 cm³/mol. The van der Waals surface area contributed by atoms with E-state index >= 15 is 0 Å². The first-order chi connectivity index (χ1) is 20.5. The van der Waals surface area contributed by atoms with Crippen molar-refractivity contribution in [3.05, 3.63) is 106 Å². The molecule has 1 aliphatic heterocycles. The first kappa shape index (κ1) is 29.5. The Labute approximate surface area is 247 Å².